The minimum atomic E-state index is -1.04. The van der Waals surface area contributed by atoms with Crippen LogP contribution in [0.2, 0.25) is 0 Å². The number of furan rings is 1. The average molecular weight is 258 g/mol. The normalized spacial score (nSPS) is 14.9. The fourth-order valence-electron chi connectivity index (χ4n) is 1.40. The summed E-state index contributed by atoms with van der Waals surface area (Å²) in [7, 11) is -1.04. The van der Waals surface area contributed by atoms with Crippen LogP contribution in [0.4, 0.5) is 0 Å². The average Bonchev–Trinajstić information content (AvgIpc) is 2.58. The summed E-state index contributed by atoms with van der Waals surface area (Å²) in [4.78, 5) is 10.8. The van der Waals surface area contributed by atoms with Gasteiger partial charge in [0, 0.05) is 16.0 Å². The van der Waals surface area contributed by atoms with Gasteiger partial charge in [0.15, 0.2) is 0 Å². The Hall–Kier alpha value is -1.10. The molecule has 0 spiro atoms. The van der Waals surface area contributed by atoms with E-state index in [1.165, 1.54) is 6.07 Å². The van der Waals surface area contributed by atoms with E-state index < -0.39 is 16.8 Å². The summed E-state index contributed by atoms with van der Waals surface area (Å²) in [5.74, 6) is 0.423. The van der Waals surface area contributed by atoms with Crippen molar-refractivity contribution in [2.45, 2.75) is 38.7 Å². The van der Waals surface area contributed by atoms with E-state index in [2.05, 4.69) is 0 Å². The summed E-state index contributed by atoms with van der Waals surface area (Å²) in [5, 5.41) is 8.94. The molecule has 2 unspecified atom stereocenters. The molecule has 1 N–H and O–H groups in total. The first-order valence-electron chi connectivity index (χ1n) is 5.52. The molecule has 0 radical (unpaired) electrons. The van der Waals surface area contributed by atoms with Gasteiger partial charge in [0.2, 0.25) is 0 Å². The van der Waals surface area contributed by atoms with Crippen molar-refractivity contribution in [1.82, 2.24) is 0 Å². The highest BCUT2D eigenvalue weighted by Crippen LogP contribution is 2.19. The van der Waals surface area contributed by atoms with E-state index in [-0.39, 0.29) is 16.6 Å². The van der Waals surface area contributed by atoms with Crippen molar-refractivity contribution in [3.05, 3.63) is 23.2 Å². The molecule has 0 saturated carbocycles. The Balaban J connectivity index is 2.79. The van der Waals surface area contributed by atoms with E-state index in [0.717, 1.165) is 0 Å². The Labute approximate surface area is 103 Å². The fourth-order valence-corrected chi connectivity index (χ4v) is 2.70. The number of carboxylic acid groups (broad SMARTS) is 1. The summed E-state index contributed by atoms with van der Waals surface area (Å²) in [6.45, 7) is 7.55. The molecule has 1 rings (SSSR count). The van der Waals surface area contributed by atoms with E-state index in [0.29, 0.717) is 17.4 Å². The molecule has 0 aliphatic carbocycles. The second kappa shape index (κ2) is 5.49. The van der Waals surface area contributed by atoms with Crippen LogP contribution in [0, 0.1) is 12.8 Å². The first kappa shape index (κ1) is 14.0. The maximum atomic E-state index is 11.9. The van der Waals surface area contributed by atoms with Crippen LogP contribution >= 0.6 is 0 Å². The van der Waals surface area contributed by atoms with E-state index in [4.69, 9.17) is 9.52 Å². The summed E-state index contributed by atoms with van der Waals surface area (Å²) in [5.41, 5.74) is 0.147. The van der Waals surface area contributed by atoms with Gasteiger partial charge in [-0.1, -0.05) is 20.8 Å². The van der Waals surface area contributed by atoms with Gasteiger partial charge in [-0.3, -0.25) is 4.21 Å². The molecule has 1 aromatic heterocycles. The second-order valence-corrected chi connectivity index (χ2v) is 6.26. The topological polar surface area (TPSA) is 67.5 Å². The lowest BCUT2D eigenvalue weighted by atomic mass is 10.2. The zero-order valence-corrected chi connectivity index (χ0v) is 11.3. The maximum absolute atomic E-state index is 11.9. The Morgan fingerprint density at radius 1 is 1.47 bits per heavy atom. The third-order valence-electron chi connectivity index (χ3n) is 2.84. The predicted octanol–water partition coefficient (Wildman–Crippen LogP) is 2.58. The van der Waals surface area contributed by atoms with Crippen LogP contribution in [0.3, 0.4) is 0 Å². The van der Waals surface area contributed by atoms with Crippen LogP contribution in [0.5, 0.6) is 0 Å². The van der Waals surface area contributed by atoms with Crippen LogP contribution < -0.4 is 0 Å². The monoisotopic (exact) mass is 258 g/mol. The minimum absolute atomic E-state index is 0.0636. The number of carbonyl (C=O) groups is 1. The summed E-state index contributed by atoms with van der Waals surface area (Å²) in [6.07, 6.45) is 0. The maximum Gasteiger partial charge on any atom is 0.339 e. The van der Waals surface area contributed by atoms with Gasteiger partial charge in [0.05, 0.1) is 5.75 Å². The number of hydrogen-bond acceptors (Lipinski definition) is 3. The van der Waals surface area contributed by atoms with Crippen LogP contribution in [-0.2, 0) is 16.6 Å². The van der Waals surface area contributed by atoms with E-state index >= 15 is 0 Å². The Morgan fingerprint density at radius 2 is 2.06 bits per heavy atom. The van der Waals surface area contributed by atoms with E-state index in [1.54, 1.807) is 6.92 Å². The highest BCUT2D eigenvalue weighted by Gasteiger charge is 2.19. The molecule has 2 atom stereocenters. The molecular formula is C12H18O4S. The molecular weight excluding hydrogens is 240 g/mol. The zero-order valence-electron chi connectivity index (χ0n) is 10.5. The third kappa shape index (κ3) is 3.43. The molecule has 0 saturated heterocycles. The predicted molar refractivity (Wildman–Crippen MR) is 66.6 cm³/mol. The van der Waals surface area contributed by atoms with Crippen molar-refractivity contribution in [2.75, 3.05) is 0 Å². The Morgan fingerprint density at radius 3 is 2.47 bits per heavy atom. The van der Waals surface area contributed by atoms with Gasteiger partial charge in [-0.2, -0.15) is 0 Å². The SMILES string of the molecule is Cc1oc(CS(=O)C(C)C(C)C)cc1C(=O)O. The fraction of sp³-hybridized carbons (Fsp3) is 0.583. The Kier molecular flexibility index (Phi) is 4.51. The number of carboxylic acids is 1. The minimum Gasteiger partial charge on any atom is -0.478 e. The van der Waals surface area contributed by atoms with Crippen molar-refractivity contribution in [3.63, 3.8) is 0 Å². The van der Waals surface area contributed by atoms with Crippen molar-refractivity contribution in [2.24, 2.45) is 5.92 Å². The first-order chi connectivity index (χ1) is 7.82. The number of aromatic carboxylic acids is 1. The molecule has 0 fully saturated rings. The van der Waals surface area contributed by atoms with Crippen molar-refractivity contribution >= 4 is 16.8 Å². The zero-order chi connectivity index (χ0) is 13.2. The second-order valence-electron chi connectivity index (χ2n) is 4.46. The molecule has 0 aliphatic rings. The van der Waals surface area contributed by atoms with Gasteiger partial charge in [-0.15, -0.1) is 0 Å². The van der Waals surface area contributed by atoms with Gasteiger partial charge in [0.1, 0.15) is 17.1 Å². The van der Waals surface area contributed by atoms with Gasteiger partial charge in [-0.05, 0) is 18.9 Å². The van der Waals surface area contributed by atoms with Crippen LogP contribution in [0.1, 0.15) is 42.6 Å². The lowest BCUT2D eigenvalue weighted by Crippen LogP contribution is -2.18. The van der Waals surface area contributed by atoms with E-state index in [9.17, 15) is 9.00 Å². The molecule has 1 heterocycles. The van der Waals surface area contributed by atoms with Crippen molar-refractivity contribution < 1.29 is 18.5 Å². The summed E-state index contributed by atoms with van der Waals surface area (Å²) >= 11 is 0. The van der Waals surface area contributed by atoms with Crippen molar-refractivity contribution in [1.29, 1.82) is 0 Å². The highest BCUT2D eigenvalue weighted by molar-refractivity contribution is 7.84. The van der Waals surface area contributed by atoms with Gasteiger partial charge >= 0.3 is 5.97 Å². The number of aryl methyl sites for hydroxylation is 1. The van der Waals surface area contributed by atoms with Crippen LogP contribution in [0.15, 0.2) is 10.5 Å². The molecule has 0 aliphatic heterocycles. The number of hydrogen-bond donors (Lipinski definition) is 1. The molecule has 4 nitrogen and oxygen atoms in total. The standard InChI is InChI=1S/C12H18O4S/c1-7(2)9(4)17(15)6-10-5-11(12(13)14)8(3)16-10/h5,7,9H,6H2,1-4H3,(H,13,14). The molecule has 0 bridgehead atoms. The van der Waals surface area contributed by atoms with Crippen molar-refractivity contribution in [3.8, 4) is 0 Å². The molecule has 17 heavy (non-hydrogen) atoms. The Bertz CT molecular complexity index is 434. The third-order valence-corrected chi connectivity index (χ3v) is 4.78. The highest BCUT2D eigenvalue weighted by atomic mass is 32.2. The summed E-state index contributed by atoms with van der Waals surface area (Å²) < 4.78 is 17.3. The quantitative estimate of drug-likeness (QED) is 0.881. The molecule has 96 valence electrons. The van der Waals surface area contributed by atoms with Crippen LogP contribution in [-0.4, -0.2) is 20.5 Å². The lowest BCUT2D eigenvalue weighted by molar-refractivity contribution is 0.0695. The first-order valence-corrected chi connectivity index (χ1v) is 6.91. The summed E-state index contributed by atoms with van der Waals surface area (Å²) in [6, 6.07) is 1.46. The van der Waals surface area contributed by atoms with E-state index in [1.807, 2.05) is 20.8 Å². The molecule has 0 aromatic carbocycles. The molecule has 5 heteroatoms. The number of rotatable bonds is 5. The largest absolute Gasteiger partial charge is 0.478 e. The van der Waals surface area contributed by atoms with Gasteiger partial charge in [-0.25, -0.2) is 4.79 Å². The smallest absolute Gasteiger partial charge is 0.339 e. The van der Waals surface area contributed by atoms with Gasteiger partial charge in [0.25, 0.3) is 0 Å². The molecule has 1 aromatic rings. The molecule has 0 amide bonds. The van der Waals surface area contributed by atoms with Crippen LogP contribution in [0.25, 0.3) is 0 Å². The van der Waals surface area contributed by atoms with Gasteiger partial charge < -0.3 is 9.52 Å². The lowest BCUT2D eigenvalue weighted by Gasteiger charge is -2.13.